The molecule has 0 saturated heterocycles. The highest BCUT2D eigenvalue weighted by Gasteiger charge is 2.12. The molecule has 0 spiro atoms. The first-order chi connectivity index (χ1) is 7.41. The maximum absolute atomic E-state index is 13.4. The van der Waals surface area contributed by atoms with Gasteiger partial charge in [0.1, 0.15) is 23.2 Å². The molecule has 0 fully saturated rings. The number of nitrogens with two attached hydrogens (primary N) is 1. The van der Waals surface area contributed by atoms with Gasteiger partial charge in [0, 0.05) is 6.04 Å². The Morgan fingerprint density at radius 1 is 1.38 bits per heavy atom. The number of halogens is 2. The summed E-state index contributed by atoms with van der Waals surface area (Å²) in [5.41, 5.74) is 5.33. The normalized spacial score (nSPS) is 12.8. The Balaban J connectivity index is 3.02. The Labute approximate surface area is 93.4 Å². The second-order valence-corrected chi connectivity index (χ2v) is 4.30. The van der Waals surface area contributed by atoms with Crippen LogP contribution in [0.3, 0.4) is 0 Å². The molecular formula is C9H12F2N2O2S. The standard InChI is InChI=1S/C9H12F2N2O2S/c1-5(12)6-2-7(10)9(8(11)3-6)13-4-16(14)15/h2-3,5,13,16H,4,12H2,1H3/t5-/m1/s1. The zero-order valence-corrected chi connectivity index (χ0v) is 9.43. The Hall–Kier alpha value is -1.21. The summed E-state index contributed by atoms with van der Waals surface area (Å²) >= 11 is 0. The molecule has 1 atom stereocenters. The van der Waals surface area contributed by atoms with Crippen molar-refractivity contribution in [3.05, 3.63) is 29.3 Å². The van der Waals surface area contributed by atoms with Crippen molar-refractivity contribution < 1.29 is 17.2 Å². The van der Waals surface area contributed by atoms with Crippen LogP contribution in [0.5, 0.6) is 0 Å². The Kier molecular flexibility index (Phi) is 4.19. The number of rotatable bonds is 4. The molecule has 0 heterocycles. The van der Waals surface area contributed by atoms with Crippen molar-refractivity contribution in [2.24, 2.45) is 5.73 Å². The molecular weight excluding hydrogens is 238 g/mol. The Bertz CT molecular complexity index is 430. The largest absolute Gasteiger partial charge is 0.367 e. The Morgan fingerprint density at radius 2 is 1.88 bits per heavy atom. The molecule has 0 radical (unpaired) electrons. The number of thiol groups is 1. The molecule has 1 aromatic rings. The maximum Gasteiger partial charge on any atom is 0.158 e. The number of nitrogens with one attached hydrogen (secondary N) is 1. The Morgan fingerprint density at radius 3 is 2.25 bits per heavy atom. The summed E-state index contributed by atoms with van der Waals surface area (Å²) in [6, 6.07) is 1.66. The third-order valence-electron chi connectivity index (χ3n) is 1.98. The van der Waals surface area contributed by atoms with Gasteiger partial charge in [-0.25, -0.2) is 17.2 Å². The van der Waals surface area contributed by atoms with Gasteiger partial charge in [-0.15, -0.1) is 0 Å². The predicted molar refractivity (Wildman–Crippen MR) is 57.8 cm³/mol. The fraction of sp³-hybridized carbons (Fsp3) is 0.333. The van der Waals surface area contributed by atoms with Gasteiger partial charge in [-0.3, -0.25) is 0 Å². The molecule has 0 bridgehead atoms. The molecule has 1 aromatic carbocycles. The fourth-order valence-corrected chi connectivity index (χ4v) is 1.46. The zero-order chi connectivity index (χ0) is 12.3. The predicted octanol–water partition coefficient (Wildman–Crippen LogP) is 0.965. The van der Waals surface area contributed by atoms with Crippen molar-refractivity contribution in [1.82, 2.24) is 0 Å². The van der Waals surface area contributed by atoms with Crippen molar-refractivity contribution in [3.8, 4) is 0 Å². The first-order valence-electron chi connectivity index (χ1n) is 4.52. The van der Waals surface area contributed by atoms with E-state index in [4.69, 9.17) is 5.73 Å². The molecule has 4 nitrogen and oxygen atoms in total. The van der Waals surface area contributed by atoms with Crippen LogP contribution < -0.4 is 11.1 Å². The van der Waals surface area contributed by atoms with Crippen LogP contribution in [0, 0.1) is 11.6 Å². The minimum Gasteiger partial charge on any atom is -0.367 e. The van der Waals surface area contributed by atoms with E-state index >= 15 is 0 Å². The van der Waals surface area contributed by atoms with E-state index < -0.39 is 39.9 Å². The fourth-order valence-electron chi connectivity index (χ4n) is 1.17. The van der Waals surface area contributed by atoms with E-state index in [1.807, 2.05) is 0 Å². The molecule has 7 heteroatoms. The number of hydrogen-bond acceptors (Lipinski definition) is 4. The van der Waals surface area contributed by atoms with Crippen LogP contribution in [-0.4, -0.2) is 14.3 Å². The first kappa shape index (κ1) is 12.9. The van der Waals surface area contributed by atoms with Crippen molar-refractivity contribution in [2.45, 2.75) is 13.0 Å². The van der Waals surface area contributed by atoms with E-state index in [1.54, 1.807) is 6.92 Å². The molecule has 0 saturated carbocycles. The average molecular weight is 250 g/mol. The van der Waals surface area contributed by atoms with Gasteiger partial charge in [0.2, 0.25) is 0 Å². The van der Waals surface area contributed by atoms with E-state index in [0.717, 1.165) is 12.1 Å². The minimum atomic E-state index is -2.74. The molecule has 0 amide bonds. The van der Waals surface area contributed by atoms with Crippen LogP contribution in [0.25, 0.3) is 0 Å². The van der Waals surface area contributed by atoms with Crippen LogP contribution in [0.2, 0.25) is 0 Å². The summed E-state index contributed by atoms with van der Waals surface area (Å²) in [4.78, 5) is 0. The van der Waals surface area contributed by atoms with Gasteiger partial charge in [0.25, 0.3) is 0 Å². The molecule has 1 rings (SSSR count). The van der Waals surface area contributed by atoms with Gasteiger partial charge in [-0.1, -0.05) is 0 Å². The maximum atomic E-state index is 13.4. The lowest BCUT2D eigenvalue weighted by Crippen LogP contribution is -2.10. The van der Waals surface area contributed by atoms with E-state index in [9.17, 15) is 17.2 Å². The van der Waals surface area contributed by atoms with Gasteiger partial charge in [0.15, 0.2) is 10.7 Å². The molecule has 0 aromatic heterocycles. The van der Waals surface area contributed by atoms with Gasteiger partial charge in [0.05, 0.1) is 0 Å². The third kappa shape index (κ3) is 3.14. The highest BCUT2D eigenvalue weighted by atomic mass is 32.2. The van der Waals surface area contributed by atoms with E-state index in [0.29, 0.717) is 5.56 Å². The zero-order valence-electron chi connectivity index (χ0n) is 8.54. The van der Waals surface area contributed by atoms with Crippen molar-refractivity contribution in [1.29, 1.82) is 0 Å². The SMILES string of the molecule is C[C@@H](N)c1cc(F)c(NC[SH](=O)=O)c(F)c1. The summed E-state index contributed by atoms with van der Waals surface area (Å²) < 4.78 is 47.3. The van der Waals surface area contributed by atoms with Gasteiger partial charge in [-0.2, -0.15) is 0 Å². The summed E-state index contributed by atoms with van der Waals surface area (Å²) in [7, 11) is -2.74. The monoisotopic (exact) mass is 250 g/mol. The van der Waals surface area contributed by atoms with Crippen LogP contribution in [-0.2, 0) is 10.7 Å². The van der Waals surface area contributed by atoms with Gasteiger partial charge < -0.3 is 11.1 Å². The summed E-state index contributed by atoms with van der Waals surface area (Å²) in [5.74, 6) is -2.23. The summed E-state index contributed by atoms with van der Waals surface area (Å²) in [6.07, 6.45) is 0. The highest BCUT2D eigenvalue weighted by Crippen LogP contribution is 2.23. The van der Waals surface area contributed by atoms with Crippen molar-refractivity contribution in [2.75, 3.05) is 11.2 Å². The second kappa shape index (κ2) is 5.22. The molecule has 0 unspecified atom stereocenters. The lowest BCUT2D eigenvalue weighted by molar-refractivity contribution is 0.581. The van der Waals surface area contributed by atoms with E-state index in [-0.39, 0.29) is 0 Å². The van der Waals surface area contributed by atoms with Crippen molar-refractivity contribution in [3.63, 3.8) is 0 Å². The van der Waals surface area contributed by atoms with E-state index in [2.05, 4.69) is 5.32 Å². The van der Waals surface area contributed by atoms with Crippen LogP contribution >= 0.6 is 0 Å². The average Bonchev–Trinajstić information content (AvgIpc) is 2.15. The molecule has 0 aliphatic rings. The topological polar surface area (TPSA) is 72.2 Å². The third-order valence-corrected chi connectivity index (χ3v) is 2.39. The van der Waals surface area contributed by atoms with Crippen molar-refractivity contribution >= 4 is 16.4 Å². The molecule has 90 valence electrons. The second-order valence-electron chi connectivity index (χ2n) is 3.32. The lowest BCUT2D eigenvalue weighted by atomic mass is 10.1. The number of hydrogen-bond donors (Lipinski definition) is 3. The molecule has 3 N–H and O–H groups in total. The van der Waals surface area contributed by atoms with E-state index in [1.165, 1.54) is 0 Å². The first-order valence-corrected chi connectivity index (χ1v) is 5.88. The molecule has 0 aliphatic carbocycles. The smallest absolute Gasteiger partial charge is 0.158 e. The molecule has 16 heavy (non-hydrogen) atoms. The van der Waals surface area contributed by atoms with Crippen LogP contribution in [0.4, 0.5) is 14.5 Å². The van der Waals surface area contributed by atoms with Crippen LogP contribution in [0.1, 0.15) is 18.5 Å². The number of anilines is 1. The van der Waals surface area contributed by atoms with Gasteiger partial charge in [-0.05, 0) is 24.6 Å². The number of benzene rings is 1. The summed E-state index contributed by atoms with van der Waals surface area (Å²) in [6.45, 7) is 1.59. The minimum absolute atomic E-state index is 0.312. The highest BCUT2D eigenvalue weighted by molar-refractivity contribution is 7.72. The van der Waals surface area contributed by atoms with Crippen LogP contribution in [0.15, 0.2) is 12.1 Å². The van der Waals surface area contributed by atoms with Gasteiger partial charge >= 0.3 is 0 Å². The lowest BCUT2D eigenvalue weighted by Gasteiger charge is -2.10. The summed E-state index contributed by atoms with van der Waals surface area (Å²) in [5, 5.41) is 2.16. The quantitative estimate of drug-likeness (QED) is 0.696. The molecule has 0 aliphatic heterocycles.